The Morgan fingerprint density at radius 2 is 1.91 bits per heavy atom. The molecule has 3 heterocycles. The molecule has 0 aromatic carbocycles. The molecule has 0 aliphatic carbocycles. The third-order valence-electron chi connectivity index (χ3n) is 4.36. The van der Waals surface area contributed by atoms with Gasteiger partial charge in [-0.15, -0.1) is 23.7 Å². The first kappa shape index (κ1) is 18.1. The number of hydrogen-bond donors (Lipinski definition) is 1. The lowest BCUT2D eigenvalue weighted by molar-refractivity contribution is 0.179. The van der Waals surface area contributed by atoms with Crippen LogP contribution >= 0.6 is 23.7 Å². The average molecular weight is 367 g/mol. The van der Waals surface area contributed by atoms with Crippen molar-refractivity contribution >= 4 is 33.8 Å². The lowest BCUT2D eigenvalue weighted by atomic mass is 10.2. The number of sulfonamides is 1. The Balaban J connectivity index is 0.00000176. The maximum absolute atomic E-state index is 12.7. The van der Waals surface area contributed by atoms with Crippen molar-refractivity contribution in [2.75, 3.05) is 39.3 Å². The summed E-state index contributed by atoms with van der Waals surface area (Å²) >= 11 is 1.28. The molecule has 1 atom stereocenters. The van der Waals surface area contributed by atoms with Crippen molar-refractivity contribution in [2.24, 2.45) is 0 Å². The van der Waals surface area contributed by atoms with Crippen molar-refractivity contribution in [1.82, 2.24) is 19.5 Å². The van der Waals surface area contributed by atoms with Crippen LogP contribution in [0.15, 0.2) is 4.34 Å². The van der Waals surface area contributed by atoms with Crippen LogP contribution in [0.4, 0.5) is 0 Å². The SMILES string of the molecule is Cc1nc(S(=O)(=O)N2CCC(N3CCNCC3)C2)sc1C.Cl. The van der Waals surface area contributed by atoms with Crippen molar-refractivity contribution in [2.45, 2.75) is 30.6 Å². The zero-order valence-corrected chi connectivity index (χ0v) is 15.4. The van der Waals surface area contributed by atoms with Gasteiger partial charge >= 0.3 is 0 Å². The Morgan fingerprint density at radius 3 is 2.50 bits per heavy atom. The van der Waals surface area contributed by atoms with Crippen molar-refractivity contribution in [3.05, 3.63) is 10.6 Å². The van der Waals surface area contributed by atoms with Crippen LogP contribution in [0.25, 0.3) is 0 Å². The molecule has 1 N–H and O–H groups in total. The van der Waals surface area contributed by atoms with Gasteiger partial charge < -0.3 is 5.32 Å². The zero-order chi connectivity index (χ0) is 15.0. The van der Waals surface area contributed by atoms with E-state index >= 15 is 0 Å². The Morgan fingerprint density at radius 1 is 1.23 bits per heavy atom. The van der Waals surface area contributed by atoms with Gasteiger partial charge in [-0.05, 0) is 20.3 Å². The van der Waals surface area contributed by atoms with Gasteiger partial charge in [-0.2, -0.15) is 4.31 Å². The highest BCUT2D eigenvalue weighted by molar-refractivity contribution is 7.91. The molecule has 1 aromatic rings. The molecule has 6 nitrogen and oxygen atoms in total. The standard InChI is InChI=1S/C13H22N4O2S2.ClH/c1-10-11(2)20-13(15-10)21(18,19)17-6-3-12(9-17)16-7-4-14-5-8-16;/h12,14H,3-9H2,1-2H3;1H. The molecule has 0 bridgehead atoms. The molecule has 0 amide bonds. The summed E-state index contributed by atoms with van der Waals surface area (Å²) in [5.74, 6) is 0. The second-order valence-corrected chi connectivity index (χ2v) is 9.03. The molecule has 1 aromatic heterocycles. The van der Waals surface area contributed by atoms with E-state index in [1.54, 1.807) is 4.31 Å². The van der Waals surface area contributed by atoms with E-state index < -0.39 is 10.0 Å². The first-order chi connectivity index (χ1) is 9.98. The summed E-state index contributed by atoms with van der Waals surface area (Å²) in [6.45, 7) is 8.98. The molecular formula is C13H23ClN4O2S2. The van der Waals surface area contributed by atoms with E-state index in [1.165, 1.54) is 11.3 Å². The monoisotopic (exact) mass is 366 g/mol. The molecule has 2 fully saturated rings. The minimum atomic E-state index is -3.41. The van der Waals surface area contributed by atoms with Gasteiger partial charge in [-0.1, -0.05) is 0 Å². The maximum atomic E-state index is 12.7. The maximum Gasteiger partial charge on any atom is 0.270 e. The molecule has 22 heavy (non-hydrogen) atoms. The van der Waals surface area contributed by atoms with Crippen LogP contribution in [0.2, 0.25) is 0 Å². The van der Waals surface area contributed by atoms with Crippen molar-refractivity contribution in [3.63, 3.8) is 0 Å². The summed E-state index contributed by atoms with van der Waals surface area (Å²) in [4.78, 5) is 7.61. The lowest BCUT2D eigenvalue weighted by Crippen LogP contribution is -2.49. The van der Waals surface area contributed by atoms with Crippen LogP contribution in [0.3, 0.4) is 0 Å². The molecule has 0 spiro atoms. The van der Waals surface area contributed by atoms with Crippen LogP contribution in [-0.4, -0.2) is 67.9 Å². The Labute approximate surface area is 142 Å². The fourth-order valence-corrected chi connectivity index (χ4v) is 5.88. The number of aromatic nitrogens is 1. The van der Waals surface area contributed by atoms with E-state index in [-0.39, 0.29) is 16.7 Å². The molecule has 2 saturated heterocycles. The third-order valence-corrected chi connectivity index (χ3v) is 7.66. The molecule has 126 valence electrons. The highest BCUT2D eigenvalue weighted by Crippen LogP contribution is 2.28. The van der Waals surface area contributed by atoms with Crippen LogP contribution in [0.5, 0.6) is 0 Å². The number of thiazole rings is 1. The smallest absolute Gasteiger partial charge is 0.270 e. The van der Waals surface area contributed by atoms with Crippen LogP contribution in [0, 0.1) is 13.8 Å². The first-order valence-corrected chi connectivity index (χ1v) is 9.63. The van der Waals surface area contributed by atoms with Gasteiger partial charge in [0.2, 0.25) is 4.34 Å². The highest BCUT2D eigenvalue weighted by atomic mass is 35.5. The number of nitrogens with zero attached hydrogens (tertiary/aromatic N) is 3. The molecule has 0 radical (unpaired) electrons. The van der Waals surface area contributed by atoms with E-state index in [4.69, 9.17) is 0 Å². The Kier molecular flexibility index (Phi) is 5.84. The van der Waals surface area contributed by atoms with E-state index in [0.717, 1.165) is 43.2 Å². The number of hydrogen-bond acceptors (Lipinski definition) is 6. The fraction of sp³-hybridized carbons (Fsp3) is 0.769. The minimum absolute atomic E-state index is 0. The second kappa shape index (κ2) is 7.11. The molecule has 0 saturated carbocycles. The van der Waals surface area contributed by atoms with Gasteiger partial charge in [0.1, 0.15) is 0 Å². The van der Waals surface area contributed by atoms with E-state index in [0.29, 0.717) is 19.1 Å². The predicted octanol–water partition coefficient (Wildman–Crippen LogP) is 0.850. The van der Waals surface area contributed by atoms with Crippen LogP contribution in [0.1, 0.15) is 17.0 Å². The van der Waals surface area contributed by atoms with Crippen LogP contribution < -0.4 is 5.32 Å². The molecule has 3 rings (SSSR count). The normalized spacial score (nSPS) is 24.4. The topological polar surface area (TPSA) is 65.5 Å². The number of halogens is 1. The summed E-state index contributed by atoms with van der Waals surface area (Å²) in [5.41, 5.74) is 0.816. The number of rotatable bonds is 3. The van der Waals surface area contributed by atoms with Gasteiger partial charge in [0, 0.05) is 50.2 Å². The second-order valence-electron chi connectivity index (χ2n) is 5.71. The fourth-order valence-electron chi connectivity index (χ4n) is 2.94. The molecular weight excluding hydrogens is 344 g/mol. The molecule has 2 aliphatic rings. The van der Waals surface area contributed by atoms with E-state index in [2.05, 4.69) is 15.2 Å². The quantitative estimate of drug-likeness (QED) is 0.859. The van der Waals surface area contributed by atoms with Gasteiger partial charge in [0.15, 0.2) is 0 Å². The minimum Gasteiger partial charge on any atom is -0.314 e. The largest absolute Gasteiger partial charge is 0.314 e. The first-order valence-electron chi connectivity index (χ1n) is 7.37. The van der Waals surface area contributed by atoms with Gasteiger partial charge in [0.05, 0.1) is 5.69 Å². The van der Waals surface area contributed by atoms with Crippen molar-refractivity contribution in [3.8, 4) is 0 Å². The Bertz CT molecular complexity index is 594. The summed E-state index contributed by atoms with van der Waals surface area (Å²) in [6.07, 6.45) is 0.919. The molecule has 1 unspecified atom stereocenters. The van der Waals surface area contributed by atoms with E-state index in [9.17, 15) is 8.42 Å². The van der Waals surface area contributed by atoms with Gasteiger partial charge in [0.25, 0.3) is 10.0 Å². The molecule has 2 aliphatic heterocycles. The molecule has 9 heteroatoms. The van der Waals surface area contributed by atoms with Crippen molar-refractivity contribution < 1.29 is 8.42 Å². The number of aryl methyl sites for hydroxylation is 2. The summed E-state index contributed by atoms with van der Waals surface area (Å²) in [6, 6.07) is 0.351. The number of nitrogens with one attached hydrogen (secondary N) is 1. The summed E-state index contributed by atoms with van der Waals surface area (Å²) in [5, 5.41) is 3.33. The predicted molar refractivity (Wildman–Crippen MR) is 90.4 cm³/mol. The van der Waals surface area contributed by atoms with Crippen molar-refractivity contribution in [1.29, 1.82) is 0 Å². The summed E-state index contributed by atoms with van der Waals surface area (Å²) in [7, 11) is -3.41. The van der Waals surface area contributed by atoms with Gasteiger partial charge in [-0.25, -0.2) is 13.4 Å². The lowest BCUT2D eigenvalue weighted by Gasteiger charge is -2.32. The Hall–Kier alpha value is -0.250. The van der Waals surface area contributed by atoms with Crippen LogP contribution in [-0.2, 0) is 10.0 Å². The third kappa shape index (κ3) is 3.47. The summed E-state index contributed by atoms with van der Waals surface area (Å²) < 4.78 is 27.2. The van der Waals surface area contributed by atoms with Gasteiger partial charge in [-0.3, -0.25) is 4.90 Å². The highest BCUT2D eigenvalue weighted by Gasteiger charge is 2.37. The number of piperazine rings is 1. The average Bonchev–Trinajstić information content (AvgIpc) is 3.09. The van der Waals surface area contributed by atoms with E-state index in [1.807, 2.05) is 13.8 Å². The zero-order valence-electron chi connectivity index (χ0n) is 12.9.